The van der Waals surface area contributed by atoms with Gasteiger partial charge in [0.1, 0.15) is 0 Å². The fourth-order valence-corrected chi connectivity index (χ4v) is 2.89. The first kappa shape index (κ1) is 12.6. The molecule has 2 atom stereocenters. The number of aliphatic hydroxyl groups is 1. The van der Waals surface area contributed by atoms with Gasteiger partial charge < -0.3 is 10.0 Å². The van der Waals surface area contributed by atoms with E-state index in [1.54, 1.807) is 0 Å². The van der Waals surface area contributed by atoms with Gasteiger partial charge in [-0.3, -0.25) is 0 Å². The molecule has 1 aliphatic heterocycles. The van der Waals surface area contributed by atoms with E-state index < -0.39 is 5.60 Å². The number of likely N-dealkylation sites (tertiary alicyclic amines) is 1. The molecule has 1 aromatic rings. The fraction of sp³-hybridized carbons (Fsp3) is 0.600. The van der Waals surface area contributed by atoms with Crippen LogP contribution in [0.3, 0.4) is 0 Å². The molecule has 0 bridgehead atoms. The van der Waals surface area contributed by atoms with E-state index in [2.05, 4.69) is 32.7 Å². The highest BCUT2D eigenvalue weighted by molar-refractivity contribution is 5.25. The minimum Gasteiger partial charge on any atom is -0.385 e. The summed E-state index contributed by atoms with van der Waals surface area (Å²) in [5.41, 5.74) is 0.391. The quantitative estimate of drug-likeness (QED) is 0.806. The Labute approximate surface area is 104 Å². The highest BCUT2D eigenvalue weighted by atomic mass is 16.3. The number of hydrogen-bond acceptors (Lipinski definition) is 2. The van der Waals surface area contributed by atoms with E-state index in [0.29, 0.717) is 0 Å². The largest absolute Gasteiger partial charge is 0.385 e. The molecule has 0 saturated carbocycles. The first-order valence-corrected chi connectivity index (χ1v) is 6.35. The maximum Gasteiger partial charge on any atom is 0.0951 e. The van der Waals surface area contributed by atoms with Crippen molar-refractivity contribution in [3.63, 3.8) is 0 Å². The summed E-state index contributed by atoms with van der Waals surface area (Å²) >= 11 is 0. The van der Waals surface area contributed by atoms with Crippen LogP contribution in [0.25, 0.3) is 0 Å². The van der Waals surface area contributed by atoms with Gasteiger partial charge in [-0.05, 0) is 32.9 Å². The highest BCUT2D eigenvalue weighted by Crippen LogP contribution is 2.43. The SMILES string of the molecule is C[C@@H]1CN(C)C(C)(C)C[C@]1(O)c1ccccc1. The van der Waals surface area contributed by atoms with E-state index in [1.807, 2.05) is 30.3 Å². The van der Waals surface area contributed by atoms with Gasteiger partial charge >= 0.3 is 0 Å². The van der Waals surface area contributed by atoms with E-state index >= 15 is 0 Å². The maximum atomic E-state index is 11.0. The molecule has 1 aromatic carbocycles. The van der Waals surface area contributed by atoms with Crippen LogP contribution in [0.1, 0.15) is 32.8 Å². The maximum absolute atomic E-state index is 11.0. The molecule has 1 saturated heterocycles. The summed E-state index contributed by atoms with van der Waals surface area (Å²) in [6, 6.07) is 10.1. The summed E-state index contributed by atoms with van der Waals surface area (Å²) in [4.78, 5) is 2.34. The molecule has 2 heteroatoms. The first-order chi connectivity index (χ1) is 7.86. The van der Waals surface area contributed by atoms with Gasteiger partial charge in [0, 0.05) is 18.0 Å². The lowest BCUT2D eigenvalue weighted by molar-refractivity contribution is -0.112. The molecular weight excluding hydrogens is 210 g/mol. The number of nitrogens with zero attached hydrogens (tertiary/aromatic N) is 1. The van der Waals surface area contributed by atoms with Gasteiger partial charge in [-0.1, -0.05) is 37.3 Å². The van der Waals surface area contributed by atoms with E-state index in [0.717, 1.165) is 18.5 Å². The van der Waals surface area contributed by atoms with Gasteiger partial charge in [-0.15, -0.1) is 0 Å². The smallest absolute Gasteiger partial charge is 0.0951 e. The van der Waals surface area contributed by atoms with E-state index in [9.17, 15) is 5.11 Å². The molecule has 1 fully saturated rings. The Hall–Kier alpha value is -0.860. The minimum atomic E-state index is -0.697. The van der Waals surface area contributed by atoms with Crippen molar-refractivity contribution in [2.45, 2.75) is 38.3 Å². The molecule has 1 N–H and O–H groups in total. The fourth-order valence-electron chi connectivity index (χ4n) is 2.89. The number of rotatable bonds is 1. The number of benzene rings is 1. The van der Waals surface area contributed by atoms with Crippen LogP contribution in [0, 0.1) is 5.92 Å². The zero-order valence-corrected chi connectivity index (χ0v) is 11.3. The van der Waals surface area contributed by atoms with Crippen LogP contribution in [0.5, 0.6) is 0 Å². The summed E-state index contributed by atoms with van der Waals surface area (Å²) in [6.45, 7) is 7.47. The molecule has 1 heterocycles. The Kier molecular flexibility index (Phi) is 3.04. The Morgan fingerprint density at radius 2 is 1.82 bits per heavy atom. The van der Waals surface area contributed by atoms with Crippen LogP contribution < -0.4 is 0 Å². The van der Waals surface area contributed by atoms with Crippen molar-refractivity contribution >= 4 is 0 Å². The lowest BCUT2D eigenvalue weighted by Gasteiger charge is -2.51. The van der Waals surface area contributed by atoms with Crippen molar-refractivity contribution in [2.24, 2.45) is 5.92 Å². The average Bonchev–Trinajstić information content (AvgIpc) is 2.27. The van der Waals surface area contributed by atoms with Crippen molar-refractivity contribution in [2.75, 3.05) is 13.6 Å². The second kappa shape index (κ2) is 4.11. The Bertz CT molecular complexity index is 387. The average molecular weight is 233 g/mol. The normalized spacial score (nSPS) is 33.6. The lowest BCUT2D eigenvalue weighted by Crippen LogP contribution is -2.57. The summed E-state index contributed by atoms with van der Waals surface area (Å²) in [5, 5.41) is 11.0. The molecule has 2 nitrogen and oxygen atoms in total. The van der Waals surface area contributed by atoms with Gasteiger partial charge in [0.15, 0.2) is 0 Å². The van der Waals surface area contributed by atoms with Crippen molar-refractivity contribution < 1.29 is 5.11 Å². The molecule has 0 radical (unpaired) electrons. The third-order valence-electron chi connectivity index (χ3n) is 4.37. The molecule has 2 rings (SSSR count). The van der Waals surface area contributed by atoms with E-state index in [-0.39, 0.29) is 11.5 Å². The van der Waals surface area contributed by atoms with Gasteiger partial charge in [0.05, 0.1) is 5.60 Å². The van der Waals surface area contributed by atoms with Gasteiger partial charge in [-0.2, -0.15) is 0 Å². The first-order valence-electron chi connectivity index (χ1n) is 6.35. The van der Waals surface area contributed by atoms with Crippen LogP contribution in [0.15, 0.2) is 30.3 Å². The van der Waals surface area contributed by atoms with Crippen molar-refractivity contribution in [1.29, 1.82) is 0 Å². The van der Waals surface area contributed by atoms with Crippen LogP contribution in [0.2, 0.25) is 0 Å². The van der Waals surface area contributed by atoms with Crippen molar-refractivity contribution in [3.8, 4) is 0 Å². The lowest BCUT2D eigenvalue weighted by atomic mass is 9.70. The van der Waals surface area contributed by atoms with Gasteiger partial charge in [0.25, 0.3) is 0 Å². The predicted octanol–water partition coefficient (Wildman–Crippen LogP) is 2.62. The van der Waals surface area contributed by atoms with E-state index in [4.69, 9.17) is 0 Å². The Balaban J connectivity index is 2.37. The van der Waals surface area contributed by atoms with Crippen LogP contribution in [-0.2, 0) is 5.60 Å². The molecule has 0 amide bonds. The van der Waals surface area contributed by atoms with Crippen molar-refractivity contribution in [3.05, 3.63) is 35.9 Å². The molecular formula is C15H23NO. The van der Waals surface area contributed by atoms with Crippen LogP contribution >= 0.6 is 0 Å². The molecule has 0 unspecified atom stereocenters. The number of hydrogen-bond donors (Lipinski definition) is 1. The summed E-state index contributed by atoms with van der Waals surface area (Å²) in [7, 11) is 2.14. The second-order valence-electron chi connectivity index (χ2n) is 6.06. The predicted molar refractivity (Wildman–Crippen MR) is 70.8 cm³/mol. The molecule has 0 aliphatic carbocycles. The topological polar surface area (TPSA) is 23.5 Å². The Morgan fingerprint density at radius 1 is 1.24 bits per heavy atom. The van der Waals surface area contributed by atoms with Gasteiger partial charge in [0.2, 0.25) is 0 Å². The summed E-state index contributed by atoms with van der Waals surface area (Å²) in [6.07, 6.45) is 0.779. The Morgan fingerprint density at radius 3 is 2.41 bits per heavy atom. The third-order valence-corrected chi connectivity index (χ3v) is 4.37. The minimum absolute atomic E-state index is 0.0388. The van der Waals surface area contributed by atoms with Crippen LogP contribution in [-0.4, -0.2) is 29.1 Å². The molecule has 0 aromatic heterocycles. The molecule has 17 heavy (non-hydrogen) atoms. The standard InChI is InChI=1S/C15H23NO/c1-12-10-16(4)14(2,3)11-15(12,17)13-8-6-5-7-9-13/h5-9,12,17H,10-11H2,1-4H3/t12-,15-/m1/s1. The number of piperidine rings is 1. The summed E-state index contributed by atoms with van der Waals surface area (Å²) in [5.74, 6) is 0.253. The zero-order chi connectivity index (χ0) is 12.7. The molecule has 94 valence electrons. The van der Waals surface area contributed by atoms with E-state index in [1.165, 1.54) is 0 Å². The molecule has 1 aliphatic rings. The van der Waals surface area contributed by atoms with Gasteiger partial charge in [-0.25, -0.2) is 0 Å². The van der Waals surface area contributed by atoms with Crippen molar-refractivity contribution in [1.82, 2.24) is 4.90 Å². The third kappa shape index (κ3) is 2.12. The monoisotopic (exact) mass is 233 g/mol. The van der Waals surface area contributed by atoms with Crippen LogP contribution in [0.4, 0.5) is 0 Å². The summed E-state index contributed by atoms with van der Waals surface area (Å²) < 4.78 is 0. The zero-order valence-electron chi connectivity index (χ0n) is 11.3. The highest BCUT2D eigenvalue weighted by Gasteiger charge is 2.46. The second-order valence-corrected chi connectivity index (χ2v) is 6.06. The molecule has 0 spiro atoms.